The first-order chi connectivity index (χ1) is 8.77. The molecule has 5 nitrogen and oxygen atoms in total. The van der Waals surface area contributed by atoms with E-state index in [1.165, 1.54) is 0 Å². The van der Waals surface area contributed by atoms with Gasteiger partial charge in [-0.15, -0.1) is 10.2 Å². The van der Waals surface area contributed by atoms with Crippen molar-refractivity contribution < 1.29 is 9.90 Å². The number of carboxylic acid groups (broad SMARTS) is 1. The summed E-state index contributed by atoms with van der Waals surface area (Å²) < 4.78 is 1.87. The number of pyridine rings is 1. The van der Waals surface area contributed by atoms with Crippen molar-refractivity contribution in [2.75, 3.05) is 0 Å². The predicted molar refractivity (Wildman–Crippen MR) is 65.2 cm³/mol. The molecule has 0 radical (unpaired) electrons. The summed E-state index contributed by atoms with van der Waals surface area (Å²) >= 11 is 0. The van der Waals surface area contributed by atoms with Gasteiger partial charge < -0.3 is 5.11 Å². The molecule has 2 heterocycles. The molecule has 0 fully saturated rings. The highest BCUT2D eigenvalue weighted by molar-refractivity contribution is 5.71. The fraction of sp³-hybridized carbons (Fsp3) is 0.308. The lowest BCUT2D eigenvalue weighted by atomic mass is 9.82. The average Bonchev–Trinajstić information content (AvgIpc) is 2.82. The van der Waals surface area contributed by atoms with Crippen LogP contribution in [0.4, 0.5) is 0 Å². The maximum atomic E-state index is 11.3. The number of allylic oxidation sites excluding steroid dienone is 2. The second-order valence-electron chi connectivity index (χ2n) is 4.48. The second-order valence-corrected chi connectivity index (χ2v) is 4.48. The van der Waals surface area contributed by atoms with Crippen LogP contribution in [-0.4, -0.2) is 25.7 Å². The Bertz CT molecular complexity index is 617. The number of hydrogen-bond acceptors (Lipinski definition) is 3. The minimum Gasteiger partial charge on any atom is -0.481 e. The summed E-state index contributed by atoms with van der Waals surface area (Å²) in [6.45, 7) is 0. The van der Waals surface area contributed by atoms with E-state index in [4.69, 9.17) is 0 Å². The van der Waals surface area contributed by atoms with Crippen LogP contribution in [-0.2, 0) is 4.79 Å². The Morgan fingerprint density at radius 2 is 2.11 bits per heavy atom. The first-order valence-electron chi connectivity index (χ1n) is 5.95. The lowest BCUT2D eigenvalue weighted by Gasteiger charge is -2.23. The average molecular weight is 243 g/mol. The Labute approximate surface area is 104 Å². The highest BCUT2D eigenvalue weighted by Gasteiger charge is 2.32. The normalized spacial score (nSPS) is 23.3. The van der Waals surface area contributed by atoms with Crippen LogP contribution in [0.1, 0.15) is 24.6 Å². The molecule has 0 amide bonds. The van der Waals surface area contributed by atoms with Gasteiger partial charge in [-0.3, -0.25) is 9.20 Å². The number of aromatic nitrogens is 3. The molecule has 2 atom stereocenters. The van der Waals surface area contributed by atoms with E-state index >= 15 is 0 Å². The van der Waals surface area contributed by atoms with Crippen LogP contribution < -0.4 is 0 Å². The molecule has 0 saturated carbocycles. The van der Waals surface area contributed by atoms with Crippen LogP contribution in [0, 0.1) is 5.92 Å². The summed E-state index contributed by atoms with van der Waals surface area (Å²) in [7, 11) is 0. The smallest absolute Gasteiger partial charge is 0.307 e. The Morgan fingerprint density at radius 3 is 2.94 bits per heavy atom. The molecule has 3 rings (SSSR count). The Kier molecular flexibility index (Phi) is 2.59. The molecule has 0 saturated heterocycles. The molecule has 0 bridgehead atoms. The van der Waals surface area contributed by atoms with E-state index in [2.05, 4.69) is 10.2 Å². The van der Waals surface area contributed by atoms with Crippen molar-refractivity contribution in [1.29, 1.82) is 0 Å². The molecular weight excluding hydrogens is 230 g/mol. The summed E-state index contributed by atoms with van der Waals surface area (Å²) in [4.78, 5) is 11.3. The van der Waals surface area contributed by atoms with Crippen molar-refractivity contribution >= 4 is 11.6 Å². The SMILES string of the molecule is O=C(O)[C@H]1CC=CC[C@H]1c1nnc2ccccn12. The highest BCUT2D eigenvalue weighted by Crippen LogP contribution is 2.33. The summed E-state index contributed by atoms with van der Waals surface area (Å²) in [5.74, 6) is -0.549. The molecule has 1 aliphatic carbocycles. The van der Waals surface area contributed by atoms with Crippen LogP contribution in [0.15, 0.2) is 36.5 Å². The summed E-state index contributed by atoms with van der Waals surface area (Å²) in [6.07, 6.45) is 7.09. The molecule has 92 valence electrons. The van der Waals surface area contributed by atoms with Crippen molar-refractivity contribution in [1.82, 2.24) is 14.6 Å². The quantitative estimate of drug-likeness (QED) is 0.817. The Balaban J connectivity index is 2.07. The molecule has 5 heteroatoms. The summed E-state index contributed by atoms with van der Waals surface area (Å²) in [5.41, 5.74) is 0.756. The lowest BCUT2D eigenvalue weighted by Crippen LogP contribution is -2.25. The lowest BCUT2D eigenvalue weighted by molar-refractivity contribution is -0.142. The zero-order valence-electron chi connectivity index (χ0n) is 9.73. The van der Waals surface area contributed by atoms with Gasteiger partial charge in [-0.2, -0.15) is 0 Å². The zero-order chi connectivity index (χ0) is 12.5. The van der Waals surface area contributed by atoms with Crippen molar-refractivity contribution in [3.63, 3.8) is 0 Å². The van der Waals surface area contributed by atoms with E-state index in [1.54, 1.807) is 0 Å². The number of nitrogens with zero attached hydrogens (tertiary/aromatic N) is 3. The minimum atomic E-state index is -0.767. The van der Waals surface area contributed by atoms with Crippen LogP contribution in [0.5, 0.6) is 0 Å². The molecule has 1 N–H and O–H groups in total. The van der Waals surface area contributed by atoms with Gasteiger partial charge in [0.15, 0.2) is 5.65 Å². The number of fused-ring (bicyclic) bond motifs is 1. The minimum absolute atomic E-state index is 0.107. The highest BCUT2D eigenvalue weighted by atomic mass is 16.4. The van der Waals surface area contributed by atoms with Gasteiger partial charge in [0, 0.05) is 12.1 Å². The van der Waals surface area contributed by atoms with Crippen molar-refractivity contribution in [2.24, 2.45) is 5.92 Å². The predicted octanol–water partition coefficient (Wildman–Crippen LogP) is 1.86. The fourth-order valence-corrected chi connectivity index (χ4v) is 2.49. The molecule has 2 aromatic heterocycles. The number of rotatable bonds is 2. The molecular formula is C13H13N3O2. The van der Waals surface area contributed by atoms with Crippen LogP contribution in [0.3, 0.4) is 0 Å². The van der Waals surface area contributed by atoms with Gasteiger partial charge in [-0.1, -0.05) is 18.2 Å². The topological polar surface area (TPSA) is 67.5 Å². The molecule has 0 spiro atoms. The van der Waals surface area contributed by atoms with Gasteiger partial charge in [-0.25, -0.2) is 0 Å². The van der Waals surface area contributed by atoms with E-state index in [0.717, 1.165) is 11.5 Å². The van der Waals surface area contributed by atoms with Crippen molar-refractivity contribution in [2.45, 2.75) is 18.8 Å². The molecule has 18 heavy (non-hydrogen) atoms. The standard InChI is InChI=1S/C13H13N3O2/c17-13(18)10-6-2-1-5-9(10)12-15-14-11-7-3-4-8-16(11)12/h1-4,7-10H,5-6H2,(H,17,18)/t9-,10+/m1/s1. The van der Waals surface area contributed by atoms with Gasteiger partial charge in [0.1, 0.15) is 5.82 Å². The fourth-order valence-electron chi connectivity index (χ4n) is 2.49. The monoisotopic (exact) mass is 243 g/mol. The third-order valence-electron chi connectivity index (χ3n) is 3.42. The number of aliphatic carboxylic acids is 1. The van der Waals surface area contributed by atoms with Crippen LogP contribution >= 0.6 is 0 Å². The van der Waals surface area contributed by atoms with Gasteiger partial charge in [0.25, 0.3) is 0 Å². The Hall–Kier alpha value is -2.17. The maximum absolute atomic E-state index is 11.3. The van der Waals surface area contributed by atoms with E-state index in [1.807, 2.05) is 40.9 Å². The first-order valence-corrected chi connectivity index (χ1v) is 5.95. The van der Waals surface area contributed by atoms with E-state index in [9.17, 15) is 9.90 Å². The first kappa shape index (κ1) is 11.0. The molecule has 1 aliphatic rings. The van der Waals surface area contributed by atoms with Gasteiger partial charge in [0.2, 0.25) is 0 Å². The van der Waals surface area contributed by atoms with Gasteiger partial charge >= 0.3 is 5.97 Å². The van der Waals surface area contributed by atoms with Crippen molar-refractivity contribution in [3.05, 3.63) is 42.4 Å². The third kappa shape index (κ3) is 1.68. The van der Waals surface area contributed by atoms with Crippen LogP contribution in [0.2, 0.25) is 0 Å². The molecule has 0 aromatic carbocycles. The Morgan fingerprint density at radius 1 is 1.28 bits per heavy atom. The second kappa shape index (κ2) is 4.25. The third-order valence-corrected chi connectivity index (χ3v) is 3.42. The van der Waals surface area contributed by atoms with E-state index in [0.29, 0.717) is 12.8 Å². The van der Waals surface area contributed by atoms with Crippen molar-refractivity contribution in [3.8, 4) is 0 Å². The van der Waals surface area contributed by atoms with E-state index in [-0.39, 0.29) is 5.92 Å². The number of carboxylic acids is 1. The molecule has 0 unspecified atom stereocenters. The maximum Gasteiger partial charge on any atom is 0.307 e. The summed E-state index contributed by atoms with van der Waals surface area (Å²) in [6, 6.07) is 5.66. The molecule has 2 aromatic rings. The van der Waals surface area contributed by atoms with Gasteiger partial charge in [-0.05, 0) is 25.0 Å². The van der Waals surface area contributed by atoms with E-state index < -0.39 is 11.9 Å². The largest absolute Gasteiger partial charge is 0.481 e. The summed E-state index contributed by atoms with van der Waals surface area (Å²) in [5, 5.41) is 17.5. The van der Waals surface area contributed by atoms with Gasteiger partial charge in [0.05, 0.1) is 5.92 Å². The van der Waals surface area contributed by atoms with Crippen LogP contribution in [0.25, 0.3) is 5.65 Å². The molecule has 0 aliphatic heterocycles. The zero-order valence-corrected chi connectivity index (χ0v) is 9.73. The number of hydrogen-bond donors (Lipinski definition) is 1. The number of carbonyl (C=O) groups is 1.